The molecular formula is C19H23NO3. The Morgan fingerprint density at radius 3 is 2.52 bits per heavy atom. The van der Waals surface area contributed by atoms with Crippen molar-refractivity contribution in [3.63, 3.8) is 0 Å². The lowest BCUT2D eigenvalue weighted by Gasteiger charge is -2.16. The molecule has 2 aromatic carbocycles. The monoisotopic (exact) mass is 313 g/mol. The van der Waals surface area contributed by atoms with Crippen LogP contribution >= 0.6 is 0 Å². The minimum absolute atomic E-state index is 0.0864. The maximum Gasteiger partial charge on any atom is 0.308 e. The van der Waals surface area contributed by atoms with Gasteiger partial charge in [0.05, 0.1) is 5.92 Å². The third kappa shape index (κ3) is 4.31. The van der Waals surface area contributed by atoms with E-state index in [2.05, 4.69) is 5.32 Å². The van der Waals surface area contributed by atoms with Crippen molar-refractivity contribution in [1.29, 1.82) is 0 Å². The molecule has 0 heterocycles. The molecule has 4 nitrogen and oxygen atoms in total. The Hall–Kier alpha value is -2.36. The van der Waals surface area contributed by atoms with Crippen LogP contribution in [0.25, 0.3) is 10.8 Å². The molecule has 0 spiro atoms. The van der Waals surface area contributed by atoms with Gasteiger partial charge in [-0.3, -0.25) is 9.59 Å². The van der Waals surface area contributed by atoms with Crippen molar-refractivity contribution >= 4 is 22.6 Å². The summed E-state index contributed by atoms with van der Waals surface area (Å²) in [5.41, 5.74) is 0.994. The van der Waals surface area contributed by atoms with Crippen molar-refractivity contribution in [1.82, 2.24) is 5.32 Å². The molecule has 23 heavy (non-hydrogen) atoms. The van der Waals surface area contributed by atoms with E-state index in [1.54, 1.807) is 0 Å². The Balaban J connectivity index is 2.13. The molecular weight excluding hydrogens is 290 g/mol. The van der Waals surface area contributed by atoms with Crippen LogP contribution in [-0.4, -0.2) is 23.5 Å². The summed E-state index contributed by atoms with van der Waals surface area (Å²) in [6.07, 6.45) is 1.14. The maximum absolute atomic E-state index is 11.9. The van der Waals surface area contributed by atoms with Crippen LogP contribution in [0.1, 0.15) is 25.8 Å². The van der Waals surface area contributed by atoms with E-state index in [9.17, 15) is 14.7 Å². The Morgan fingerprint density at radius 1 is 1.13 bits per heavy atom. The highest BCUT2D eigenvalue weighted by Crippen LogP contribution is 2.21. The minimum Gasteiger partial charge on any atom is -0.481 e. The number of carbonyl (C=O) groups excluding carboxylic acids is 1. The maximum atomic E-state index is 11.9. The van der Waals surface area contributed by atoms with Gasteiger partial charge in [0.25, 0.3) is 0 Å². The zero-order chi connectivity index (χ0) is 16.8. The van der Waals surface area contributed by atoms with Crippen LogP contribution in [0.4, 0.5) is 0 Å². The van der Waals surface area contributed by atoms with E-state index >= 15 is 0 Å². The first-order valence-corrected chi connectivity index (χ1v) is 8.00. The topological polar surface area (TPSA) is 66.4 Å². The van der Waals surface area contributed by atoms with Crippen LogP contribution < -0.4 is 5.32 Å². The van der Waals surface area contributed by atoms with Gasteiger partial charge in [-0.25, -0.2) is 0 Å². The molecule has 0 fully saturated rings. The molecule has 0 bridgehead atoms. The lowest BCUT2D eigenvalue weighted by Crippen LogP contribution is -2.36. The van der Waals surface area contributed by atoms with Crippen LogP contribution in [0.2, 0.25) is 0 Å². The summed E-state index contributed by atoms with van der Waals surface area (Å²) in [7, 11) is 0. The Kier molecular flexibility index (Phi) is 5.74. The van der Waals surface area contributed by atoms with Crippen LogP contribution in [-0.2, 0) is 16.0 Å². The minimum atomic E-state index is -0.887. The number of amides is 1. The summed E-state index contributed by atoms with van der Waals surface area (Å²) in [4.78, 5) is 23.4. The molecule has 4 heteroatoms. The number of aliphatic carboxylic acids is 1. The fraction of sp³-hybridized carbons (Fsp3) is 0.368. The zero-order valence-corrected chi connectivity index (χ0v) is 13.6. The number of carboxylic acid groups (broad SMARTS) is 1. The molecule has 1 amide bonds. The van der Waals surface area contributed by atoms with E-state index in [0.717, 1.165) is 22.8 Å². The number of hydrogen-bond acceptors (Lipinski definition) is 2. The SMILES string of the molecule is CCC(C)C(=O)NCC(Cc1cccc2ccccc12)C(=O)O. The highest BCUT2D eigenvalue weighted by Gasteiger charge is 2.21. The predicted molar refractivity (Wildman–Crippen MR) is 91.2 cm³/mol. The van der Waals surface area contributed by atoms with Gasteiger partial charge >= 0.3 is 5.97 Å². The molecule has 0 aliphatic rings. The Labute approximate surface area is 136 Å². The smallest absolute Gasteiger partial charge is 0.308 e. The molecule has 0 saturated heterocycles. The van der Waals surface area contributed by atoms with E-state index < -0.39 is 11.9 Å². The molecule has 2 N–H and O–H groups in total. The first-order valence-electron chi connectivity index (χ1n) is 8.00. The standard InChI is InChI=1S/C19H23NO3/c1-3-13(2)18(21)20-12-16(19(22)23)11-15-9-6-8-14-7-4-5-10-17(14)15/h4-10,13,16H,3,11-12H2,1-2H3,(H,20,21)(H,22,23). The molecule has 0 aliphatic heterocycles. The van der Waals surface area contributed by atoms with E-state index in [1.165, 1.54) is 0 Å². The van der Waals surface area contributed by atoms with Crippen LogP contribution in [0, 0.1) is 11.8 Å². The van der Waals surface area contributed by atoms with Gasteiger partial charge in [-0.2, -0.15) is 0 Å². The van der Waals surface area contributed by atoms with Crippen LogP contribution in [0.5, 0.6) is 0 Å². The summed E-state index contributed by atoms with van der Waals surface area (Å²) in [6, 6.07) is 13.8. The van der Waals surface area contributed by atoms with Gasteiger partial charge in [-0.05, 0) is 29.2 Å². The predicted octanol–water partition coefficient (Wildman–Crippen LogP) is 3.25. The molecule has 2 unspecified atom stereocenters. The van der Waals surface area contributed by atoms with Gasteiger partial charge in [0.1, 0.15) is 0 Å². The number of hydrogen-bond donors (Lipinski definition) is 2. The van der Waals surface area contributed by atoms with Gasteiger partial charge in [-0.15, -0.1) is 0 Å². The first-order chi connectivity index (χ1) is 11.0. The normalized spacial score (nSPS) is 13.5. The fourth-order valence-electron chi connectivity index (χ4n) is 2.57. The van der Waals surface area contributed by atoms with E-state index in [0.29, 0.717) is 6.42 Å². The highest BCUT2D eigenvalue weighted by atomic mass is 16.4. The van der Waals surface area contributed by atoms with E-state index in [-0.39, 0.29) is 18.4 Å². The second-order valence-corrected chi connectivity index (χ2v) is 5.93. The van der Waals surface area contributed by atoms with Crippen molar-refractivity contribution in [2.45, 2.75) is 26.7 Å². The Morgan fingerprint density at radius 2 is 1.83 bits per heavy atom. The number of rotatable bonds is 7. The third-order valence-corrected chi connectivity index (χ3v) is 4.28. The van der Waals surface area contributed by atoms with Crippen molar-refractivity contribution in [2.75, 3.05) is 6.54 Å². The Bertz CT molecular complexity index is 691. The lowest BCUT2D eigenvalue weighted by molar-refractivity contribution is -0.141. The number of fused-ring (bicyclic) bond motifs is 1. The average Bonchev–Trinajstić information content (AvgIpc) is 2.57. The summed E-state index contributed by atoms with van der Waals surface area (Å²) in [5.74, 6) is -1.70. The van der Waals surface area contributed by atoms with Crippen molar-refractivity contribution in [2.24, 2.45) is 11.8 Å². The number of carboxylic acids is 1. The quantitative estimate of drug-likeness (QED) is 0.824. The summed E-state index contributed by atoms with van der Waals surface area (Å²) >= 11 is 0. The van der Waals surface area contributed by atoms with Crippen LogP contribution in [0.3, 0.4) is 0 Å². The first kappa shape index (κ1) is 17.0. The second kappa shape index (κ2) is 7.77. The molecule has 2 atom stereocenters. The molecule has 122 valence electrons. The zero-order valence-electron chi connectivity index (χ0n) is 13.6. The van der Waals surface area contributed by atoms with Crippen LogP contribution in [0.15, 0.2) is 42.5 Å². The van der Waals surface area contributed by atoms with Crippen molar-refractivity contribution in [3.05, 3.63) is 48.0 Å². The number of carbonyl (C=O) groups is 2. The second-order valence-electron chi connectivity index (χ2n) is 5.93. The number of benzene rings is 2. The van der Waals surface area contributed by atoms with Gasteiger partial charge in [0.15, 0.2) is 0 Å². The molecule has 0 radical (unpaired) electrons. The van der Waals surface area contributed by atoms with Crippen molar-refractivity contribution < 1.29 is 14.7 Å². The summed E-state index contributed by atoms with van der Waals surface area (Å²) < 4.78 is 0. The third-order valence-electron chi connectivity index (χ3n) is 4.28. The van der Waals surface area contributed by atoms with E-state index in [4.69, 9.17) is 0 Å². The van der Waals surface area contributed by atoms with Gasteiger partial charge in [0, 0.05) is 12.5 Å². The van der Waals surface area contributed by atoms with Gasteiger partial charge < -0.3 is 10.4 Å². The lowest BCUT2D eigenvalue weighted by atomic mass is 9.94. The van der Waals surface area contributed by atoms with E-state index in [1.807, 2.05) is 56.3 Å². The largest absolute Gasteiger partial charge is 0.481 e. The molecule has 2 rings (SSSR count). The molecule has 2 aromatic rings. The van der Waals surface area contributed by atoms with Gasteiger partial charge in [0.2, 0.25) is 5.91 Å². The van der Waals surface area contributed by atoms with Crippen molar-refractivity contribution in [3.8, 4) is 0 Å². The summed E-state index contributed by atoms with van der Waals surface area (Å²) in [6.45, 7) is 3.94. The average molecular weight is 313 g/mol. The number of nitrogens with one attached hydrogen (secondary N) is 1. The summed E-state index contributed by atoms with van der Waals surface area (Å²) in [5, 5.41) is 14.4. The molecule has 0 saturated carbocycles. The molecule has 0 aliphatic carbocycles. The van der Waals surface area contributed by atoms with Gasteiger partial charge in [-0.1, -0.05) is 56.3 Å². The molecule has 0 aromatic heterocycles. The fourth-order valence-corrected chi connectivity index (χ4v) is 2.57. The highest BCUT2D eigenvalue weighted by molar-refractivity contribution is 5.86.